The second-order valence-corrected chi connectivity index (χ2v) is 3.87. The molecule has 0 saturated heterocycles. The zero-order valence-electron chi connectivity index (χ0n) is 7.46. The molecule has 0 unspecified atom stereocenters. The lowest BCUT2D eigenvalue weighted by Crippen LogP contribution is -2.27. The maximum Gasteiger partial charge on any atom is 0.316 e. The average molecular weight is 237 g/mol. The van der Waals surface area contributed by atoms with E-state index in [1.807, 2.05) is 0 Å². The molecule has 0 saturated carbocycles. The number of alkyl halides is 1. The van der Waals surface area contributed by atoms with E-state index in [2.05, 4.69) is 15.9 Å². The van der Waals surface area contributed by atoms with Gasteiger partial charge in [0.15, 0.2) is 5.78 Å². The Labute approximate surface area is 80.6 Å². The minimum Gasteiger partial charge on any atom is -0.465 e. The molecule has 0 radical (unpaired) electrons. The SMILES string of the molecule is CCOC(=O)[C@@H](C)C(=O)[C@H](C)Br. The summed E-state index contributed by atoms with van der Waals surface area (Å²) in [6.45, 7) is 5.27. The molecule has 4 heteroatoms. The van der Waals surface area contributed by atoms with E-state index in [1.165, 1.54) is 0 Å². The molecular weight excluding hydrogens is 224 g/mol. The van der Waals surface area contributed by atoms with E-state index in [1.54, 1.807) is 20.8 Å². The molecule has 0 aliphatic carbocycles. The number of carbonyl (C=O) groups excluding carboxylic acids is 2. The lowest BCUT2D eigenvalue weighted by atomic mass is 10.1. The molecule has 0 aromatic carbocycles. The van der Waals surface area contributed by atoms with Gasteiger partial charge < -0.3 is 4.74 Å². The Balaban J connectivity index is 4.10. The van der Waals surface area contributed by atoms with E-state index >= 15 is 0 Å². The van der Waals surface area contributed by atoms with Crippen molar-refractivity contribution in [3.8, 4) is 0 Å². The number of rotatable bonds is 4. The van der Waals surface area contributed by atoms with Gasteiger partial charge in [0.2, 0.25) is 0 Å². The van der Waals surface area contributed by atoms with Crippen molar-refractivity contribution >= 4 is 27.7 Å². The third-order valence-corrected chi connectivity index (χ3v) is 1.91. The fraction of sp³-hybridized carbons (Fsp3) is 0.750. The van der Waals surface area contributed by atoms with Crippen molar-refractivity contribution in [2.45, 2.75) is 25.6 Å². The van der Waals surface area contributed by atoms with Crippen LogP contribution in [0, 0.1) is 5.92 Å². The summed E-state index contributed by atoms with van der Waals surface area (Å²) in [4.78, 5) is 21.9. The molecule has 12 heavy (non-hydrogen) atoms. The Kier molecular flexibility index (Phi) is 5.13. The minimum absolute atomic E-state index is 0.145. The van der Waals surface area contributed by atoms with Gasteiger partial charge in [-0.3, -0.25) is 9.59 Å². The highest BCUT2D eigenvalue weighted by molar-refractivity contribution is 9.10. The summed E-state index contributed by atoms with van der Waals surface area (Å²) >= 11 is 3.10. The summed E-state index contributed by atoms with van der Waals surface area (Å²) < 4.78 is 4.69. The molecule has 3 nitrogen and oxygen atoms in total. The smallest absolute Gasteiger partial charge is 0.316 e. The van der Waals surface area contributed by atoms with E-state index in [9.17, 15) is 9.59 Å². The van der Waals surface area contributed by atoms with Crippen molar-refractivity contribution in [1.29, 1.82) is 0 Å². The number of ether oxygens (including phenoxy) is 1. The molecule has 0 aromatic rings. The van der Waals surface area contributed by atoms with Crippen LogP contribution in [0.2, 0.25) is 0 Å². The lowest BCUT2D eigenvalue weighted by Gasteiger charge is -2.10. The van der Waals surface area contributed by atoms with Crippen molar-refractivity contribution in [1.82, 2.24) is 0 Å². The molecule has 0 bridgehead atoms. The molecule has 2 atom stereocenters. The number of esters is 1. The lowest BCUT2D eigenvalue weighted by molar-refractivity contribution is -0.150. The number of ketones is 1. The molecule has 0 aromatic heterocycles. The van der Waals surface area contributed by atoms with E-state index in [0.717, 1.165) is 0 Å². The van der Waals surface area contributed by atoms with Crippen molar-refractivity contribution in [3.05, 3.63) is 0 Å². The number of hydrogen-bond acceptors (Lipinski definition) is 3. The summed E-state index contributed by atoms with van der Waals surface area (Å²) in [5, 5.41) is 0. The molecule has 0 rings (SSSR count). The first-order valence-electron chi connectivity index (χ1n) is 3.85. The van der Waals surface area contributed by atoms with Crippen LogP contribution in [-0.4, -0.2) is 23.2 Å². The zero-order chi connectivity index (χ0) is 9.72. The first-order chi connectivity index (χ1) is 5.50. The van der Waals surface area contributed by atoms with Crippen LogP contribution in [-0.2, 0) is 14.3 Å². The predicted molar refractivity (Wildman–Crippen MR) is 49.2 cm³/mol. The third kappa shape index (κ3) is 3.34. The molecular formula is C8H13BrO3. The van der Waals surface area contributed by atoms with Gasteiger partial charge in [-0.2, -0.15) is 0 Å². The maximum atomic E-state index is 11.2. The Morgan fingerprint density at radius 3 is 2.25 bits per heavy atom. The largest absolute Gasteiger partial charge is 0.465 e. The first-order valence-corrected chi connectivity index (χ1v) is 4.76. The van der Waals surface area contributed by atoms with Gasteiger partial charge >= 0.3 is 5.97 Å². The fourth-order valence-corrected chi connectivity index (χ4v) is 1.12. The summed E-state index contributed by atoms with van der Waals surface area (Å²) in [7, 11) is 0. The predicted octanol–water partition coefficient (Wildman–Crippen LogP) is 1.54. The number of halogens is 1. The van der Waals surface area contributed by atoms with Gasteiger partial charge in [0.25, 0.3) is 0 Å². The summed E-state index contributed by atoms with van der Waals surface area (Å²) in [5.74, 6) is -1.26. The summed E-state index contributed by atoms with van der Waals surface area (Å²) in [6.07, 6.45) is 0. The highest BCUT2D eigenvalue weighted by Gasteiger charge is 2.25. The highest BCUT2D eigenvalue weighted by atomic mass is 79.9. The second-order valence-electron chi connectivity index (χ2n) is 2.49. The molecule has 0 heterocycles. The van der Waals surface area contributed by atoms with Gasteiger partial charge in [-0.05, 0) is 20.8 Å². The Morgan fingerprint density at radius 2 is 1.92 bits per heavy atom. The van der Waals surface area contributed by atoms with Gasteiger partial charge in [0.1, 0.15) is 5.92 Å². The van der Waals surface area contributed by atoms with E-state index in [-0.39, 0.29) is 10.6 Å². The molecule has 0 amide bonds. The fourth-order valence-electron chi connectivity index (χ4n) is 0.728. The number of carbonyl (C=O) groups is 2. The van der Waals surface area contributed by atoms with Crippen molar-refractivity contribution in [3.63, 3.8) is 0 Å². The Morgan fingerprint density at radius 1 is 1.42 bits per heavy atom. The zero-order valence-corrected chi connectivity index (χ0v) is 9.05. The monoisotopic (exact) mass is 236 g/mol. The maximum absolute atomic E-state index is 11.2. The average Bonchev–Trinajstić information content (AvgIpc) is 2.02. The van der Waals surface area contributed by atoms with Crippen LogP contribution in [0.25, 0.3) is 0 Å². The Hall–Kier alpha value is -0.380. The summed E-state index contributed by atoms with van der Waals surface area (Å²) in [6, 6.07) is 0. The molecule has 0 aliphatic heterocycles. The molecule has 0 spiro atoms. The summed E-state index contributed by atoms with van der Waals surface area (Å²) in [5.41, 5.74) is 0. The topological polar surface area (TPSA) is 43.4 Å². The van der Waals surface area contributed by atoms with Crippen LogP contribution in [0.3, 0.4) is 0 Å². The van der Waals surface area contributed by atoms with Crippen molar-refractivity contribution < 1.29 is 14.3 Å². The van der Waals surface area contributed by atoms with Crippen LogP contribution in [0.15, 0.2) is 0 Å². The van der Waals surface area contributed by atoms with E-state index in [4.69, 9.17) is 4.74 Å². The quantitative estimate of drug-likeness (QED) is 0.423. The van der Waals surface area contributed by atoms with Crippen molar-refractivity contribution in [2.24, 2.45) is 5.92 Å². The van der Waals surface area contributed by atoms with Crippen LogP contribution in [0.1, 0.15) is 20.8 Å². The van der Waals surface area contributed by atoms with Crippen LogP contribution in [0.5, 0.6) is 0 Å². The number of Topliss-reactive ketones (excluding diaryl/α,β-unsaturated/α-hetero) is 1. The van der Waals surface area contributed by atoms with Gasteiger partial charge in [-0.25, -0.2) is 0 Å². The van der Waals surface area contributed by atoms with Gasteiger partial charge in [0, 0.05) is 0 Å². The highest BCUT2D eigenvalue weighted by Crippen LogP contribution is 2.09. The molecule has 70 valence electrons. The first kappa shape index (κ1) is 11.6. The van der Waals surface area contributed by atoms with Crippen molar-refractivity contribution in [2.75, 3.05) is 6.61 Å². The van der Waals surface area contributed by atoms with E-state index < -0.39 is 11.9 Å². The van der Waals surface area contributed by atoms with Gasteiger partial charge in [-0.1, -0.05) is 15.9 Å². The molecule has 0 aliphatic rings. The second kappa shape index (κ2) is 5.30. The van der Waals surface area contributed by atoms with Gasteiger partial charge in [0.05, 0.1) is 11.4 Å². The Bertz CT molecular complexity index is 177. The normalized spacial score (nSPS) is 15.0. The molecule has 0 N–H and O–H groups in total. The molecule has 0 fully saturated rings. The van der Waals surface area contributed by atoms with Crippen LogP contribution < -0.4 is 0 Å². The van der Waals surface area contributed by atoms with Crippen LogP contribution >= 0.6 is 15.9 Å². The van der Waals surface area contributed by atoms with E-state index in [0.29, 0.717) is 6.61 Å². The van der Waals surface area contributed by atoms with Gasteiger partial charge in [-0.15, -0.1) is 0 Å². The third-order valence-electron chi connectivity index (χ3n) is 1.46. The van der Waals surface area contributed by atoms with Crippen LogP contribution in [0.4, 0.5) is 0 Å². The standard InChI is InChI=1S/C8H13BrO3/c1-4-12-8(11)5(2)7(10)6(3)9/h5-6H,4H2,1-3H3/t5-,6-/m0/s1. The number of hydrogen-bond donors (Lipinski definition) is 0. The minimum atomic E-state index is -0.667.